The SMILES string of the molecule is COc1cccc2c1CCC2NC(=O)N1CCCC(O)C1C. The lowest BCUT2D eigenvalue weighted by Gasteiger charge is -2.37. The summed E-state index contributed by atoms with van der Waals surface area (Å²) in [4.78, 5) is 14.3. The third kappa shape index (κ3) is 2.65. The van der Waals surface area contributed by atoms with Gasteiger partial charge in [0.05, 0.1) is 25.3 Å². The van der Waals surface area contributed by atoms with E-state index in [4.69, 9.17) is 4.74 Å². The van der Waals surface area contributed by atoms with Crippen LogP contribution in [0.2, 0.25) is 0 Å². The highest BCUT2D eigenvalue weighted by atomic mass is 16.5. The highest BCUT2D eigenvalue weighted by Gasteiger charge is 2.32. The van der Waals surface area contributed by atoms with Crippen molar-refractivity contribution in [1.29, 1.82) is 0 Å². The molecule has 1 aromatic rings. The van der Waals surface area contributed by atoms with Gasteiger partial charge in [0.15, 0.2) is 0 Å². The lowest BCUT2D eigenvalue weighted by Crippen LogP contribution is -2.53. The highest BCUT2D eigenvalue weighted by Crippen LogP contribution is 2.37. The Hall–Kier alpha value is -1.75. The molecule has 0 bridgehead atoms. The van der Waals surface area contributed by atoms with Gasteiger partial charge in [-0.2, -0.15) is 0 Å². The molecule has 1 heterocycles. The molecule has 2 amide bonds. The van der Waals surface area contributed by atoms with Crippen LogP contribution in [-0.4, -0.2) is 41.8 Å². The molecule has 2 aliphatic rings. The topological polar surface area (TPSA) is 61.8 Å². The molecule has 1 aliphatic heterocycles. The van der Waals surface area contributed by atoms with Crippen molar-refractivity contribution in [2.75, 3.05) is 13.7 Å². The number of hydrogen-bond acceptors (Lipinski definition) is 3. The summed E-state index contributed by atoms with van der Waals surface area (Å²) < 4.78 is 5.40. The summed E-state index contributed by atoms with van der Waals surface area (Å²) in [5.41, 5.74) is 2.35. The van der Waals surface area contributed by atoms with E-state index in [1.54, 1.807) is 12.0 Å². The largest absolute Gasteiger partial charge is 0.496 e. The molecule has 1 fully saturated rings. The molecule has 1 saturated heterocycles. The standard InChI is InChI=1S/C17H24N2O3/c1-11-15(20)6-4-10-19(11)17(21)18-14-9-8-13-12(14)5-3-7-16(13)22-2/h3,5,7,11,14-15,20H,4,6,8-10H2,1-2H3,(H,18,21). The third-order valence-corrected chi connectivity index (χ3v) is 4.95. The molecule has 0 radical (unpaired) electrons. The van der Waals surface area contributed by atoms with Gasteiger partial charge in [0, 0.05) is 6.54 Å². The Morgan fingerprint density at radius 1 is 1.41 bits per heavy atom. The number of aliphatic hydroxyl groups excluding tert-OH is 1. The minimum Gasteiger partial charge on any atom is -0.496 e. The number of methoxy groups -OCH3 is 1. The quantitative estimate of drug-likeness (QED) is 0.881. The summed E-state index contributed by atoms with van der Waals surface area (Å²) in [6.45, 7) is 2.62. The van der Waals surface area contributed by atoms with Crippen LogP contribution in [0.1, 0.15) is 43.4 Å². The summed E-state index contributed by atoms with van der Waals surface area (Å²) in [6.07, 6.45) is 3.02. The molecular weight excluding hydrogens is 280 g/mol. The van der Waals surface area contributed by atoms with Crippen molar-refractivity contribution >= 4 is 6.03 Å². The molecule has 0 saturated carbocycles. The Morgan fingerprint density at radius 2 is 2.23 bits per heavy atom. The van der Waals surface area contributed by atoms with Gasteiger partial charge < -0.3 is 20.1 Å². The third-order valence-electron chi connectivity index (χ3n) is 4.95. The number of piperidine rings is 1. The van der Waals surface area contributed by atoms with Crippen molar-refractivity contribution in [1.82, 2.24) is 10.2 Å². The second-order valence-electron chi connectivity index (χ2n) is 6.21. The summed E-state index contributed by atoms with van der Waals surface area (Å²) in [7, 11) is 1.68. The average molecular weight is 304 g/mol. The first kappa shape index (κ1) is 15.2. The molecule has 5 heteroatoms. The van der Waals surface area contributed by atoms with E-state index in [2.05, 4.69) is 11.4 Å². The monoisotopic (exact) mass is 304 g/mol. The van der Waals surface area contributed by atoms with E-state index in [1.165, 1.54) is 5.56 Å². The van der Waals surface area contributed by atoms with Gasteiger partial charge in [0.25, 0.3) is 0 Å². The maximum Gasteiger partial charge on any atom is 0.318 e. The second-order valence-corrected chi connectivity index (χ2v) is 6.21. The second kappa shape index (κ2) is 6.16. The number of carbonyl (C=O) groups is 1. The molecule has 2 N–H and O–H groups in total. The van der Waals surface area contributed by atoms with Gasteiger partial charge in [-0.3, -0.25) is 0 Å². The van der Waals surface area contributed by atoms with Crippen molar-refractivity contribution in [2.45, 2.75) is 50.8 Å². The van der Waals surface area contributed by atoms with Gasteiger partial charge in [-0.05, 0) is 49.8 Å². The van der Waals surface area contributed by atoms with E-state index >= 15 is 0 Å². The van der Waals surface area contributed by atoms with Gasteiger partial charge in [-0.15, -0.1) is 0 Å². The van der Waals surface area contributed by atoms with Gasteiger partial charge in [-0.25, -0.2) is 4.79 Å². The number of carbonyl (C=O) groups excluding carboxylic acids is 1. The van der Waals surface area contributed by atoms with Crippen molar-refractivity contribution in [3.05, 3.63) is 29.3 Å². The minimum absolute atomic E-state index is 0.0314. The maximum atomic E-state index is 12.5. The van der Waals surface area contributed by atoms with Gasteiger partial charge >= 0.3 is 6.03 Å². The van der Waals surface area contributed by atoms with Crippen molar-refractivity contribution in [3.63, 3.8) is 0 Å². The fourth-order valence-corrected chi connectivity index (χ4v) is 3.60. The first-order valence-corrected chi connectivity index (χ1v) is 8.02. The van der Waals surface area contributed by atoms with E-state index in [9.17, 15) is 9.90 Å². The lowest BCUT2D eigenvalue weighted by atomic mass is 10.0. The molecule has 1 aliphatic carbocycles. The number of rotatable bonds is 2. The zero-order valence-electron chi connectivity index (χ0n) is 13.2. The summed E-state index contributed by atoms with van der Waals surface area (Å²) in [5.74, 6) is 0.899. The first-order chi connectivity index (χ1) is 10.6. The van der Waals surface area contributed by atoms with E-state index in [0.29, 0.717) is 6.54 Å². The van der Waals surface area contributed by atoms with Crippen LogP contribution in [0, 0.1) is 0 Å². The van der Waals surface area contributed by atoms with Crippen LogP contribution in [0.4, 0.5) is 4.79 Å². The first-order valence-electron chi connectivity index (χ1n) is 8.02. The summed E-state index contributed by atoms with van der Waals surface area (Å²) in [6, 6.07) is 5.82. The molecule has 0 spiro atoms. The molecule has 22 heavy (non-hydrogen) atoms. The molecule has 5 nitrogen and oxygen atoms in total. The molecule has 120 valence electrons. The highest BCUT2D eigenvalue weighted by molar-refractivity contribution is 5.75. The number of amides is 2. The molecule has 3 unspecified atom stereocenters. The minimum atomic E-state index is -0.421. The molecule has 1 aromatic carbocycles. The van der Waals surface area contributed by atoms with E-state index in [0.717, 1.165) is 37.0 Å². The Labute approximate surface area is 131 Å². The maximum absolute atomic E-state index is 12.5. The normalized spacial score (nSPS) is 27.4. The average Bonchev–Trinajstić information content (AvgIpc) is 2.93. The zero-order valence-corrected chi connectivity index (χ0v) is 13.2. The predicted octanol–water partition coefficient (Wildman–Crippen LogP) is 2.24. The number of fused-ring (bicyclic) bond motifs is 1. The Bertz CT molecular complexity index is 561. The van der Waals surface area contributed by atoms with Gasteiger partial charge in [0.2, 0.25) is 0 Å². The summed E-state index contributed by atoms with van der Waals surface area (Å²) >= 11 is 0. The van der Waals surface area contributed by atoms with Crippen molar-refractivity contribution in [2.24, 2.45) is 0 Å². The fourth-order valence-electron chi connectivity index (χ4n) is 3.60. The number of benzene rings is 1. The van der Waals surface area contributed by atoms with E-state index in [1.807, 2.05) is 19.1 Å². The summed E-state index contributed by atoms with van der Waals surface area (Å²) in [5, 5.41) is 13.1. The van der Waals surface area contributed by atoms with Gasteiger partial charge in [-0.1, -0.05) is 12.1 Å². The number of ether oxygens (including phenoxy) is 1. The fraction of sp³-hybridized carbons (Fsp3) is 0.588. The van der Waals surface area contributed by atoms with Crippen LogP contribution in [-0.2, 0) is 6.42 Å². The van der Waals surface area contributed by atoms with Crippen LogP contribution in [0.25, 0.3) is 0 Å². The molecular formula is C17H24N2O3. The van der Waals surface area contributed by atoms with Crippen LogP contribution >= 0.6 is 0 Å². The Morgan fingerprint density at radius 3 is 3.00 bits per heavy atom. The van der Waals surface area contributed by atoms with Gasteiger partial charge in [0.1, 0.15) is 5.75 Å². The Balaban J connectivity index is 1.72. The lowest BCUT2D eigenvalue weighted by molar-refractivity contribution is 0.0383. The number of nitrogens with one attached hydrogen (secondary N) is 1. The number of urea groups is 1. The number of hydrogen-bond donors (Lipinski definition) is 2. The molecule has 0 aromatic heterocycles. The Kier molecular flexibility index (Phi) is 4.25. The number of likely N-dealkylation sites (tertiary alicyclic amines) is 1. The smallest absolute Gasteiger partial charge is 0.318 e. The predicted molar refractivity (Wildman–Crippen MR) is 84.0 cm³/mol. The number of aliphatic hydroxyl groups is 1. The van der Waals surface area contributed by atoms with Crippen LogP contribution in [0.5, 0.6) is 5.75 Å². The van der Waals surface area contributed by atoms with Crippen LogP contribution in [0.15, 0.2) is 18.2 Å². The molecule has 3 atom stereocenters. The number of nitrogens with zero attached hydrogens (tertiary/aromatic N) is 1. The van der Waals surface area contributed by atoms with Crippen LogP contribution in [0.3, 0.4) is 0 Å². The van der Waals surface area contributed by atoms with Crippen molar-refractivity contribution < 1.29 is 14.6 Å². The van der Waals surface area contributed by atoms with E-state index < -0.39 is 6.10 Å². The zero-order chi connectivity index (χ0) is 15.7. The van der Waals surface area contributed by atoms with Crippen LogP contribution < -0.4 is 10.1 Å². The molecule has 3 rings (SSSR count). The van der Waals surface area contributed by atoms with E-state index in [-0.39, 0.29) is 18.1 Å². The van der Waals surface area contributed by atoms with Crippen molar-refractivity contribution in [3.8, 4) is 5.75 Å².